The van der Waals surface area contributed by atoms with Crippen molar-refractivity contribution >= 4 is 17.3 Å². The van der Waals surface area contributed by atoms with E-state index in [4.69, 9.17) is 0 Å². The monoisotopic (exact) mass is 378 g/mol. The summed E-state index contributed by atoms with van der Waals surface area (Å²) in [6.07, 6.45) is 5.02. The molecule has 4 rings (SSSR count). The number of carbonyl (C=O) groups is 1. The summed E-state index contributed by atoms with van der Waals surface area (Å²) in [6, 6.07) is 10.7. The molecule has 2 N–H and O–H groups in total. The smallest absolute Gasteiger partial charge is 0.307 e. The maximum Gasteiger partial charge on any atom is 0.307 e. The van der Waals surface area contributed by atoms with E-state index in [1.165, 1.54) is 30.5 Å². The highest BCUT2D eigenvalue weighted by atomic mass is 16.4. The number of fused-ring (bicyclic) bond motifs is 1. The average Bonchev–Trinajstić information content (AvgIpc) is 3.44. The lowest BCUT2D eigenvalue weighted by atomic mass is 9.86. The summed E-state index contributed by atoms with van der Waals surface area (Å²) in [4.78, 5) is 14.2. The molecule has 1 saturated carbocycles. The first kappa shape index (κ1) is 18.9. The molecular weight excluding hydrogens is 348 g/mol. The molecule has 28 heavy (non-hydrogen) atoms. The van der Waals surface area contributed by atoms with Crippen molar-refractivity contribution in [3.8, 4) is 11.1 Å². The summed E-state index contributed by atoms with van der Waals surface area (Å²) in [6.45, 7) is 5.45. The summed E-state index contributed by atoms with van der Waals surface area (Å²) in [5.74, 6) is 0.120. The highest BCUT2D eigenvalue weighted by Gasteiger charge is 2.35. The van der Waals surface area contributed by atoms with E-state index in [0.29, 0.717) is 6.04 Å². The first-order valence-electron chi connectivity index (χ1n) is 10.4. The molecule has 2 aliphatic rings. The number of rotatable bonds is 7. The van der Waals surface area contributed by atoms with E-state index in [9.17, 15) is 9.90 Å². The molecule has 1 unspecified atom stereocenters. The van der Waals surface area contributed by atoms with E-state index < -0.39 is 5.97 Å². The predicted octanol–water partition coefficient (Wildman–Crippen LogP) is 4.88. The molecule has 1 aliphatic carbocycles. The van der Waals surface area contributed by atoms with Crippen molar-refractivity contribution in [1.29, 1.82) is 0 Å². The minimum atomic E-state index is -0.779. The van der Waals surface area contributed by atoms with Gasteiger partial charge in [-0.25, -0.2) is 0 Å². The molecule has 2 aromatic carbocycles. The van der Waals surface area contributed by atoms with Crippen LogP contribution < -0.4 is 10.2 Å². The fourth-order valence-corrected chi connectivity index (χ4v) is 4.80. The molecule has 0 spiro atoms. The zero-order valence-corrected chi connectivity index (χ0v) is 17.1. The predicted molar refractivity (Wildman–Crippen MR) is 115 cm³/mol. The second kappa shape index (κ2) is 7.50. The Balaban J connectivity index is 1.91. The standard InChI is InChI=1S/C24H30N2O2/c1-15-13-20-22(18-7-5-4-6-8-18)19(14-21(27)28)16(2)23(25-3)24(20)26(15)12-11-17-9-10-17/h4-8,15,17,25H,9-14H2,1-3H3,(H,27,28). The average molecular weight is 379 g/mol. The summed E-state index contributed by atoms with van der Waals surface area (Å²) < 4.78 is 0. The van der Waals surface area contributed by atoms with Gasteiger partial charge in [0, 0.05) is 19.6 Å². The zero-order valence-electron chi connectivity index (χ0n) is 17.1. The third-order valence-corrected chi connectivity index (χ3v) is 6.39. The van der Waals surface area contributed by atoms with Gasteiger partial charge in [-0.1, -0.05) is 43.2 Å². The Morgan fingerprint density at radius 2 is 1.96 bits per heavy atom. The number of hydrogen-bond donors (Lipinski definition) is 2. The molecule has 1 fully saturated rings. The Bertz CT molecular complexity index is 887. The van der Waals surface area contributed by atoms with Gasteiger partial charge in [-0.3, -0.25) is 4.79 Å². The molecule has 0 bridgehead atoms. The largest absolute Gasteiger partial charge is 0.481 e. The number of carboxylic acids is 1. The van der Waals surface area contributed by atoms with Crippen molar-refractivity contribution in [3.05, 3.63) is 47.0 Å². The molecule has 4 heteroatoms. The number of nitrogens with zero attached hydrogens (tertiary/aromatic N) is 1. The maximum absolute atomic E-state index is 11.7. The number of nitrogens with one attached hydrogen (secondary N) is 1. The van der Waals surface area contributed by atoms with Gasteiger partial charge in [-0.05, 0) is 60.4 Å². The lowest BCUT2D eigenvalue weighted by molar-refractivity contribution is -0.136. The van der Waals surface area contributed by atoms with E-state index in [-0.39, 0.29) is 6.42 Å². The molecular formula is C24H30N2O2. The van der Waals surface area contributed by atoms with Crippen molar-refractivity contribution in [2.75, 3.05) is 23.8 Å². The van der Waals surface area contributed by atoms with Crippen LogP contribution in [0.25, 0.3) is 11.1 Å². The zero-order chi connectivity index (χ0) is 19.8. The normalized spacial score (nSPS) is 18.2. The van der Waals surface area contributed by atoms with Crippen LogP contribution in [-0.4, -0.2) is 30.7 Å². The van der Waals surface area contributed by atoms with E-state index >= 15 is 0 Å². The van der Waals surface area contributed by atoms with Gasteiger partial charge in [-0.15, -0.1) is 0 Å². The Labute approximate surface area is 167 Å². The second-order valence-electron chi connectivity index (χ2n) is 8.35. The second-order valence-corrected chi connectivity index (χ2v) is 8.35. The van der Waals surface area contributed by atoms with Crippen LogP contribution in [0.1, 0.15) is 42.9 Å². The number of aliphatic carboxylic acids is 1. The SMILES string of the molecule is CNc1c(C)c(CC(=O)O)c(-c2ccccc2)c2c1N(CCC1CC1)C(C)C2. The van der Waals surface area contributed by atoms with Gasteiger partial charge >= 0.3 is 5.97 Å². The van der Waals surface area contributed by atoms with Crippen LogP contribution in [0.2, 0.25) is 0 Å². The van der Waals surface area contributed by atoms with Gasteiger partial charge < -0.3 is 15.3 Å². The van der Waals surface area contributed by atoms with Crippen LogP contribution in [0.4, 0.5) is 11.4 Å². The van der Waals surface area contributed by atoms with E-state index in [2.05, 4.69) is 36.2 Å². The van der Waals surface area contributed by atoms with Crippen LogP contribution in [-0.2, 0) is 17.6 Å². The molecule has 2 aromatic rings. The van der Waals surface area contributed by atoms with Crippen molar-refractivity contribution in [2.24, 2.45) is 5.92 Å². The summed E-state index contributed by atoms with van der Waals surface area (Å²) in [5, 5.41) is 13.0. The van der Waals surface area contributed by atoms with E-state index in [1.54, 1.807) is 0 Å². The third-order valence-electron chi connectivity index (χ3n) is 6.39. The molecule has 1 atom stereocenters. The maximum atomic E-state index is 11.7. The van der Waals surface area contributed by atoms with Crippen molar-refractivity contribution in [1.82, 2.24) is 0 Å². The van der Waals surface area contributed by atoms with Gasteiger partial charge in [0.15, 0.2) is 0 Å². The molecule has 0 saturated heterocycles. The minimum absolute atomic E-state index is 0.0501. The number of benzene rings is 2. The first-order chi connectivity index (χ1) is 13.5. The van der Waals surface area contributed by atoms with Crippen LogP contribution in [0.15, 0.2) is 30.3 Å². The van der Waals surface area contributed by atoms with Crippen LogP contribution in [0, 0.1) is 12.8 Å². The summed E-state index contributed by atoms with van der Waals surface area (Å²) in [5.41, 5.74) is 7.96. The number of anilines is 2. The Hall–Kier alpha value is -2.49. The summed E-state index contributed by atoms with van der Waals surface area (Å²) in [7, 11) is 1.96. The fourth-order valence-electron chi connectivity index (χ4n) is 4.80. The van der Waals surface area contributed by atoms with E-state index in [1.807, 2.05) is 25.2 Å². The van der Waals surface area contributed by atoms with Crippen LogP contribution >= 0.6 is 0 Å². The van der Waals surface area contributed by atoms with Crippen molar-refractivity contribution in [3.63, 3.8) is 0 Å². The van der Waals surface area contributed by atoms with Gasteiger partial charge in [0.05, 0.1) is 17.8 Å². The Kier molecular flexibility index (Phi) is 5.05. The summed E-state index contributed by atoms with van der Waals surface area (Å²) >= 11 is 0. The molecule has 0 amide bonds. The van der Waals surface area contributed by atoms with Gasteiger partial charge in [-0.2, -0.15) is 0 Å². The molecule has 1 heterocycles. The molecule has 4 nitrogen and oxygen atoms in total. The lowest BCUT2D eigenvalue weighted by Crippen LogP contribution is -2.31. The van der Waals surface area contributed by atoms with Crippen molar-refractivity contribution in [2.45, 2.75) is 52.0 Å². The van der Waals surface area contributed by atoms with Crippen molar-refractivity contribution < 1.29 is 9.90 Å². The lowest BCUT2D eigenvalue weighted by Gasteiger charge is -2.29. The van der Waals surface area contributed by atoms with E-state index in [0.717, 1.165) is 46.8 Å². The molecule has 148 valence electrons. The first-order valence-corrected chi connectivity index (χ1v) is 10.4. The Morgan fingerprint density at radius 3 is 2.57 bits per heavy atom. The molecule has 1 aliphatic heterocycles. The third kappa shape index (κ3) is 3.36. The Morgan fingerprint density at radius 1 is 1.25 bits per heavy atom. The number of hydrogen-bond acceptors (Lipinski definition) is 3. The number of carboxylic acid groups (broad SMARTS) is 1. The highest BCUT2D eigenvalue weighted by Crippen LogP contribution is 2.48. The van der Waals surface area contributed by atoms with Gasteiger partial charge in [0.2, 0.25) is 0 Å². The highest BCUT2D eigenvalue weighted by molar-refractivity contribution is 5.92. The van der Waals surface area contributed by atoms with Crippen LogP contribution in [0.5, 0.6) is 0 Å². The quantitative estimate of drug-likeness (QED) is 0.721. The minimum Gasteiger partial charge on any atom is -0.481 e. The van der Waals surface area contributed by atoms with Gasteiger partial charge in [0.1, 0.15) is 0 Å². The van der Waals surface area contributed by atoms with Gasteiger partial charge in [0.25, 0.3) is 0 Å². The van der Waals surface area contributed by atoms with Crippen LogP contribution in [0.3, 0.4) is 0 Å². The molecule has 0 aromatic heterocycles. The molecule has 0 radical (unpaired) electrons. The topological polar surface area (TPSA) is 52.6 Å². The fraction of sp³-hybridized carbons (Fsp3) is 0.458.